The largest absolute Gasteiger partial charge is 0.436 e. The summed E-state index contributed by atoms with van der Waals surface area (Å²) in [7, 11) is 0. The van der Waals surface area contributed by atoms with E-state index in [1.54, 1.807) is 42.9 Å². The summed E-state index contributed by atoms with van der Waals surface area (Å²) in [5.41, 5.74) is 1.35. The van der Waals surface area contributed by atoms with Crippen molar-refractivity contribution in [2.45, 2.75) is 6.54 Å². The van der Waals surface area contributed by atoms with Gasteiger partial charge in [-0.3, -0.25) is 9.78 Å². The number of morpholine rings is 1. The average Bonchev–Trinajstić information content (AvgIpc) is 2.80. The first kappa shape index (κ1) is 18.8. The number of aromatic nitrogens is 3. The first-order valence-electron chi connectivity index (χ1n) is 9.39. The number of amides is 1. The Bertz CT molecular complexity index is 944. The maximum absolute atomic E-state index is 12.3. The van der Waals surface area contributed by atoms with Crippen LogP contribution in [0.1, 0.15) is 16.1 Å². The fraction of sp³-hybridized carbons (Fsp3) is 0.238. The predicted molar refractivity (Wildman–Crippen MR) is 107 cm³/mol. The minimum absolute atomic E-state index is 0.171. The number of rotatable bonds is 6. The molecular formula is C21H21N5O3. The number of pyridine rings is 1. The molecule has 3 heterocycles. The van der Waals surface area contributed by atoms with E-state index in [1.807, 2.05) is 18.2 Å². The minimum atomic E-state index is -0.171. The summed E-state index contributed by atoms with van der Waals surface area (Å²) in [6.07, 6.45) is 4.94. The van der Waals surface area contributed by atoms with E-state index in [1.165, 1.54) is 0 Å². The highest BCUT2D eigenvalue weighted by Crippen LogP contribution is 2.28. The molecule has 0 spiro atoms. The third kappa shape index (κ3) is 4.85. The lowest BCUT2D eigenvalue weighted by Crippen LogP contribution is -2.37. The summed E-state index contributed by atoms with van der Waals surface area (Å²) in [5, 5.41) is 2.85. The van der Waals surface area contributed by atoms with Gasteiger partial charge in [-0.1, -0.05) is 6.07 Å². The van der Waals surface area contributed by atoms with Crippen molar-refractivity contribution < 1.29 is 14.3 Å². The molecule has 1 amide bonds. The number of nitrogens with zero attached hydrogens (tertiary/aromatic N) is 4. The lowest BCUT2D eigenvalue weighted by molar-refractivity contribution is 0.0950. The Labute approximate surface area is 168 Å². The van der Waals surface area contributed by atoms with E-state index in [4.69, 9.17) is 9.47 Å². The van der Waals surface area contributed by atoms with Crippen LogP contribution in [-0.4, -0.2) is 47.2 Å². The van der Waals surface area contributed by atoms with Gasteiger partial charge in [-0.05, 0) is 36.4 Å². The summed E-state index contributed by atoms with van der Waals surface area (Å²) >= 11 is 0. The van der Waals surface area contributed by atoms with Crippen LogP contribution in [0.25, 0.3) is 0 Å². The molecule has 1 aliphatic rings. The Hall–Kier alpha value is -3.52. The van der Waals surface area contributed by atoms with Gasteiger partial charge in [-0.15, -0.1) is 0 Å². The summed E-state index contributed by atoms with van der Waals surface area (Å²) in [5.74, 6) is 1.53. The number of ether oxygens (including phenoxy) is 2. The molecule has 2 aromatic heterocycles. The molecule has 29 heavy (non-hydrogen) atoms. The highest BCUT2D eigenvalue weighted by Gasteiger charge is 2.18. The second kappa shape index (κ2) is 9.11. The summed E-state index contributed by atoms with van der Waals surface area (Å²) in [6, 6.07) is 12.5. The monoisotopic (exact) mass is 391 g/mol. The van der Waals surface area contributed by atoms with Crippen LogP contribution in [0.4, 0.5) is 5.82 Å². The molecule has 0 radical (unpaired) electrons. The second-order valence-electron chi connectivity index (χ2n) is 6.41. The van der Waals surface area contributed by atoms with E-state index in [0.29, 0.717) is 42.8 Å². The number of benzene rings is 1. The fourth-order valence-corrected chi connectivity index (χ4v) is 2.94. The number of carbonyl (C=O) groups is 1. The molecule has 1 N–H and O–H groups in total. The fourth-order valence-electron chi connectivity index (χ4n) is 2.94. The smallest absolute Gasteiger partial charge is 0.263 e. The third-order valence-electron chi connectivity index (χ3n) is 4.44. The van der Waals surface area contributed by atoms with Crippen LogP contribution in [0.3, 0.4) is 0 Å². The first-order chi connectivity index (χ1) is 14.3. The van der Waals surface area contributed by atoms with Gasteiger partial charge < -0.3 is 19.7 Å². The van der Waals surface area contributed by atoms with Crippen LogP contribution in [0.5, 0.6) is 11.6 Å². The van der Waals surface area contributed by atoms with Crippen LogP contribution in [0.2, 0.25) is 0 Å². The Morgan fingerprint density at radius 3 is 2.55 bits per heavy atom. The highest BCUT2D eigenvalue weighted by atomic mass is 16.5. The van der Waals surface area contributed by atoms with E-state index >= 15 is 0 Å². The van der Waals surface area contributed by atoms with Gasteiger partial charge in [0.2, 0.25) is 0 Å². The van der Waals surface area contributed by atoms with Crippen molar-refractivity contribution in [1.29, 1.82) is 0 Å². The Balaban J connectivity index is 1.40. The number of nitrogens with one attached hydrogen (secondary N) is 1. The van der Waals surface area contributed by atoms with Gasteiger partial charge in [0.05, 0.1) is 25.5 Å². The lowest BCUT2D eigenvalue weighted by atomic mass is 10.2. The SMILES string of the molecule is O=C(NCc1ccccn1)c1ccc(Oc2nccnc2N2CCOCC2)cc1. The van der Waals surface area contributed by atoms with Gasteiger partial charge in [-0.2, -0.15) is 0 Å². The highest BCUT2D eigenvalue weighted by molar-refractivity contribution is 5.94. The second-order valence-corrected chi connectivity index (χ2v) is 6.41. The van der Waals surface area contributed by atoms with E-state index in [0.717, 1.165) is 18.8 Å². The Morgan fingerprint density at radius 1 is 1.00 bits per heavy atom. The standard InChI is InChI=1S/C21H21N5O3/c27-20(25-15-17-3-1-2-8-22-17)16-4-6-18(7-5-16)29-21-19(23-9-10-24-21)26-11-13-28-14-12-26/h1-10H,11-15H2,(H,25,27). The molecule has 0 unspecified atom stereocenters. The van der Waals surface area contributed by atoms with Crippen LogP contribution in [-0.2, 0) is 11.3 Å². The molecule has 0 saturated carbocycles. The average molecular weight is 391 g/mol. The van der Waals surface area contributed by atoms with E-state index in [2.05, 4.69) is 25.2 Å². The Kier molecular flexibility index (Phi) is 5.92. The van der Waals surface area contributed by atoms with Crippen LogP contribution < -0.4 is 15.0 Å². The van der Waals surface area contributed by atoms with E-state index in [-0.39, 0.29) is 5.91 Å². The molecule has 0 atom stereocenters. The first-order valence-corrected chi connectivity index (χ1v) is 9.39. The van der Waals surface area contributed by atoms with Gasteiger partial charge in [0, 0.05) is 37.2 Å². The van der Waals surface area contributed by atoms with E-state index < -0.39 is 0 Å². The van der Waals surface area contributed by atoms with Crippen molar-refractivity contribution in [2.24, 2.45) is 0 Å². The van der Waals surface area contributed by atoms with Crippen molar-refractivity contribution in [3.8, 4) is 11.6 Å². The molecule has 1 aromatic carbocycles. The molecule has 0 bridgehead atoms. The Morgan fingerprint density at radius 2 is 1.79 bits per heavy atom. The number of hydrogen-bond acceptors (Lipinski definition) is 7. The summed E-state index contributed by atoms with van der Waals surface area (Å²) < 4.78 is 11.3. The summed E-state index contributed by atoms with van der Waals surface area (Å²) in [4.78, 5) is 27.3. The molecule has 1 aliphatic heterocycles. The molecule has 1 fully saturated rings. The van der Waals surface area contributed by atoms with Gasteiger partial charge in [0.1, 0.15) is 5.75 Å². The number of carbonyl (C=O) groups excluding carboxylic acids is 1. The molecule has 8 nitrogen and oxygen atoms in total. The maximum Gasteiger partial charge on any atom is 0.263 e. The van der Waals surface area contributed by atoms with Gasteiger partial charge in [-0.25, -0.2) is 9.97 Å². The molecule has 0 aliphatic carbocycles. The minimum Gasteiger partial charge on any atom is -0.436 e. The predicted octanol–water partition coefficient (Wildman–Crippen LogP) is 2.43. The normalized spacial score (nSPS) is 13.7. The molecule has 3 aromatic rings. The van der Waals surface area contributed by atoms with Crippen molar-refractivity contribution >= 4 is 11.7 Å². The van der Waals surface area contributed by atoms with Crippen molar-refractivity contribution in [3.05, 3.63) is 72.3 Å². The molecule has 1 saturated heterocycles. The van der Waals surface area contributed by atoms with Gasteiger partial charge >= 0.3 is 0 Å². The summed E-state index contributed by atoms with van der Waals surface area (Å²) in [6.45, 7) is 3.16. The zero-order valence-electron chi connectivity index (χ0n) is 15.8. The van der Waals surface area contributed by atoms with Crippen LogP contribution >= 0.6 is 0 Å². The van der Waals surface area contributed by atoms with Gasteiger partial charge in [0.25, 0.3) is 11.8 Å². The molecule has 4 rings (SSSR count). The molecule has 148 valence electrons. The molecule has 8 heteroatoms. The molecular weight excluding hydrogens is 370 g/mol. The van der Waals surface area contributed by atoms with Crippen LogP contribution in [0.15, 0.2) is 61.1 Å². The van der Waals surface area contributed by atoms with Crippen molar-refractivity contribution in [2.75, 3.05) is 31.2 Å². The third-order valence-corrected chi connectivity index (χ3v) is 4.44. The van der Waals surface area contributed by atoms with Crippen molar-refractivity contribution in [3.63, 3.8) is 0 Å². The zero-order chi connectivity index (χ0) is 19.9. The maximum atomic E-state index is 12.3. The number of anilines is 1. The van der Waals surface area contributed by atoms with Crippen molar-refractivity contribution in [1.82, 2.24) is 20.3 Å². The van der Waals surface area contributed by atoms with E-state index in [9.17, 15) is 4.79 Å². The zero-order valence-corrected chi connectivity index (χ0v) is 15.8. The lowest BCUT2D eigenvalue weighted by Gasteiger charge is -2.28. The van der Waals surface area contributed by atoms with Gasteiger partial charge in [0.15, 0.2) is 5.82 Å². The quantitative estimate of drug-likeness (QED) is 0.690. The van der Waals surface area contributed by atoms with Crippen LogP contribution in [0, 0.1) is 0 Å². The topological polar surface area (TPSA) is 89.5 Å². The number of hydrogen-bond donors (Lipinski definition) is 1.